The number of hydrogen-bond donors (Lipinski definition) is 1. The molecule has 0 amide bonds. The third-order valence-corrected chi connectivity index (χ3v) is 3.57. The van der Waals surface area contributed by atoms with E-state index in [9.17, 15) is 0 Å². The van der Waals surface area contributed by atoms with Crippen LogP contribution in [-0.2, 0) is 6.42 Å². The average Bonchev–Trinajstić information content (AvgIpc) is 3.15. The standard InChI is InChI=1S/C15H19N3/c1-3-13-17-14(11-6-4-10(2)5-7-11)15(16)18(13)12-8-9-12/h4-7,12H,3,8-9,16H2,1-2H3. The predicted molar refractivity (Wildman–Crippen MR) is 74.5 cm³/mol. The number of aryl methyl sites for hydroxylation is 2. The Labute approximate surface area is 108 Å². The first-order chi connectivity index (χ1) is 8.70. The number of nitrogen functional groups attached to an aromatic ring is 1. The van der Waals surface area contributed by atoms with Crippen LogP contribution in [0.1, 0.15) is 37.2 Å². The number of nitrogens with zero attached hydrogens (tertiary/aromatic N) is 2. The van der Waals surface area contributed by atoms with Gasteiger partial charge in [0.1, 0.15) is 17.3 Å². The molecule has 3 rings (SSSR count). The first kappa shape index (κ1) is 11.3. The first-order valence-electron chi connectivity index (χ1n) is 6.64. The summed E-state index contributed by atoms with van der Waals surface area (Å²) in [6.07, 6.45) is 3.41. The summed E-state index contributed by atoms with van der Waals surface area (Å²) in [4.78, 5) is 4.73. The zero-order chi connectivity index (χ0) is 12.7. The molecule has 1 aromatic carbocycles. The zero-order valence-electron chi connectivity index (χ0n) is 11.0. The van der Waals surface area contributed by atoms with Crippen molar-refractivity contribution in [1.29, 1.82) is 0 Å². The van der Waals surface area contributed by atoms with Crippen LogP contribution < -0.4 is 5.73 Å². The lowest BCUT2D eigenvalue weighted by molar-refractivity contribution is 0.696. The second kappa shape index (κ2) is 4.16. The molecule has 0 atom stereocenters. The molecule has 1 fully saturated rings. The van der Waals surface area contributed by atoms with E-state index in [1.165, 1.54) is 18.4 Å². The van der Waals surface area contributed by atoms with E-state index >= 15 is 0 Å². The van der Waals surface area contributed by atoms with Gasteiger partial charge < -0.3 is 10.3 Å². The van der Waals surface area contributed by atoms with Crippen LogP contribution in [0.3, 0.4) is 0 Å². The molecule has 0 unspecified atom stereocenters. The quantitative estimate of drug-likeness (QED) is 0.895. The highest BCUT2D eigenvalue weighted by Crippen LogP contribution is 2.40. The Kier molecular flexibility index (Phi) is 2.62. The van der Waals surface area contributed by atoms with Gasteiger partial charge in [0, 0.05) is 18.0 Å². The molecule has 3 heteroatoms. The van der Waals surface area contributed by atoms with Crippen molar-refractivity contribution < 1.29 is 0 Å². The van der Waals surface area contributed by atoms with Gasteiger partial charge in [0.2, 0.25) is 0 Å². The van der Waals surface area contributed by atoms with Gasteiger partial charge in [0.15, 0.2) is 0 Å². The van der Waals surface area contributed by atoms with E-state index in [0.29, 0.717) is 6.04 Å². The maximum atomic E-state index is 6.29. The van der Waals surface area contributed by atoms with Gasteiger partial charge in [-0.1, -0.05) is 36.8 Å². The molecule has 1 aromatic heterocycles. The third kappa shape index (κ3) is 1.80. The Morgan fingerprint density at radius 1 is 1.28 bits per heavy atom. The highest BCUT2D eigenvalue weighted by molar-refractivity contribution is 5.71. The largest absolute Gasteiger partial charge is 0.383 e. The Bertz CT molecular complexity index is 562. The van der Waals surface area contributed by atoms with E-state index < -0.39 is 0 Å². The van der Waals surface area contributed by atoms with Gasteiger partial charge in [-0.25, -0.2) is 4.98 Å². The summed E-state index contributed by atoms with van der Waals surface area (Å²) in [5.74, 6) is 1.95. The summed E-state index contributed by atoms with van der Waals surface area (Å²) < 4.78 is 2.23. The molecule has 2 aromatic rings. The van der Waals surface area contributed by atoms with Crippen molar-refractivity contribution >= 4 is 5.82 Å². The SMILES string of the molecule is CCc1nc(-c2ccc(C)cc2)c(N)n1C1CC1. The monoisotopic (exact) mass is 241 g/mol. The van der Waals surface area contributed by atoms with E-state index in [1.54, 1.807) is 0 Å². The minimum atomic E-state index is 0.589. The summed E-state index contributed by atoms with van der Waals surface area (Å²) >= 11 is 0. The molecule has 0 spiro atoms. The van der Waals surface area contributed by atoms with Crippen LogP contribution in [0.5, 0.6) is 0 Å². The van der Waals surface area contributed by atoms with Crippen LogP contribution in [0.4, 0.5) is 5.82 Å². The fourth-order valence-corrected chi connectivity index (χ4v) is 2.41. The van der Waals surface area contributed by atoms with Gasteiger partial charge >= 0.3 is 0 Å². The molecule has 3 nitrogen and oxygen atoms in total. The number of anilines is 1. The van der Waals surface area contributed by atoms with Crippen LogP contribution in [0.15, 0.2) is 24.3 Å². The second-order valence-corrected chi connectivity index (χ2v) is 5.08. The van der Waals surface area contributed by atoms with Gasteiger partial charge in [-0.05, 0) is 19.8 Å². The van der Waals surface area contributed by atoms with Crippen LogP contribution in [0, 0.1) is 6.92 Å². The number of imidazole rings is 1. The van der Waals surface area contributed by atoms with Gasteiger partial charge in [-0.2, -0.15) is 0 Å². The van der Waals surface area contributed by atoms with E-state index in [-0.39, 0.29) is 0 Å². The van der Waals surface area contributed by atoms with Crippen molar-refractivity contribution in [3.05, 3.63) is 35.7 Å². The summed E-state index contributed by atoms with van der Waals surface area (Å²) in [5.41, 5.74) is 9.61. The highest BCUT2D eigenvalue weighted by atomic mass is 15.2. The van der Waals surface area contributed by atoms with E-state index in [0.717, 1.165) is 29.3 Å². The lowest BCUT2D eigenvalue weighted by Crippen LogP contribution is -2.04. The van der Waals surface area contributed by atoms with Gasteiger partial charge in [-0.3, -0.25) is 0 Å². The summed E-state index contributed by atoms with van der Waals surface area (Å²) in [6.45, 7) is 4.23. The van der Waals surface area contributed by atoms with Crippen molar-refractivity contribution in [2.45, 2.75) is 39.2 Å². The zero-order valence-corrected chi connectivity index (χ0v) is 11.0. The molecule has 94 valence electrons. The van der Waals surface area contributed by atoms with E-state index in [4.69, 9.17) is 10.7 Å². The summed E-state index contributed by atoms with van der Waals surface area (Å²) in [7, 11) is 0. The fraction of sp³-hybridized carbons (Fsp3) is 0.400. The van der Waals surface area contributed by atoms with Crippen molar-refractivity contribution in [2.24, 2.45) is 0 Å². The van der Waals surface area contributed by atoms with Gasteiger partial charge in [0.05, 0.1) is 0 Å². The number of benzene rings is 1. The van der Waals surface area contributed by atoms with Crippen LogP contribution in [0.25, 0.3) is 11.3 Å². The first-order valence-corrected chi connectivity index (χ1v) is 6.64. The van der Waals surface area contributed by atoms with Crippen molar-refractivity contribution in [2.75, 3.05) is 5.73 Å². The minimum Gasteiger partial charge on any atom is -0.383 e. The van der Waals surface area contributed by atoms with Crippen LogP contribution in [-0.4, -0.2) is 9.55 Å². The Morgan fingerprint density at radius 3 is 2.50 bits per heavy atom. The second-order valence-electron chi connectivity index (χ2n) is 5.08. The van der Waals surface area contributed by atoms with Crippen molar-refractivity contribution in [3.63, 3.8) is 0 Å². The van der Waals surface area contributed by atoms with E-state index in [2.05, 4.69) is 42.7 Å². The molecule has 0 bridgehead atoms. The number of rotatable bonds is 3. The maximum Gasteiger partial charge on any atom is 0.131 e. The Balaban J connectivity index is 2.09. The molecule has 1 heterocycles. The Morgan fingerprint density at radius 2 is 1.94 bits per heavy atom. The molecule has 0 aliphatic heterocycles. The number of aromatic nitrogens is 2. The number of hydrogen-bond acceptors (Lipinski definition) is 2. The summed E-state index contributed by atoms with van der Waals surface area (Å²) in [5, 5.41) is 0. The molecule has 0 radical (unpaired) electrons. The number of nitrogens with two attached hydrogens (primary N) is 1. The highest BCUT2D eigenvalue weighted by Gasteiger charge is 2.29. The molecule has 2 N–H and O–H groups in total. The minimum absolute atomic E-state index is 0.589. The smallest absolute Gasteiger partial charge is 0.131 e. The molecule has 1 aliphatic carbocycles. The topological polar surface area (TPSA) is 43.8 Å². The normalized spacial score (nSPS) is 15.0. The fourth-order valence-electron chi connectivity index (χ4n) is 2.41. The van der Waals surface area contributed by atoms with Gasteiger partial charge in [-0.15, -0.1) is 0 Å². The average molecular weight is 241 g/mol. The van der Waals surface area contributed by atoms with Crippen LogP contribution in [0.2, 0.25) is 0 Å². The summed E-state index contributed by atoms with van der Waals surface area (Å²) in [6, 6.07) is 9.01. The molecule has 0 saturated heterocycles. The lowest BCUT2D eigenvalue weighted by Gasteiger charge is -2.06. The maximum absolute atomic E-state index is 6.29. The molecule has 1 saturated carbocycles. The van der Waals surface area contributed by atoms with Crippen molar-refractivity contribution in [1.82, 2.24) is 9.55 Å². The molecular weight excluding hydrogens is 222 g/mol. The molecular formula is C15H19N3. The Hall–Kier alpha value is -1.77. The van der Waals surface area contributed by atoms with Gasteiger partial charge in [0.25, 0.3) is 0 Å². The van der Waals surface area contributed by atoms with Crippen LogP contribution >= 0.6 is 0 Å². The lowest BCUT2D eigenvalue weighted by atomic mass is 10.1. The molecule has 18 heavy (non-hydrogen) atoms. The van der Waals surface area contributed by atoms with E-state index in [1.807, 2.05) is 0 Å². The molecule has 1 aliphatic rings. The predicted octanol–water partition coefficient (Wildman–Crippen LogP) is 3.34. The third-order valence-electron chi connectivity index (χ3n) is 3.57. The van der Waals surface area contributed by atoms with Crippen molar-refractivity contribution in [3.8, 4) is 11.3 Å².